The molecular formula is C22H23ClF3NO3S. The minimum Gasteiger partial charge on any atom is -0.490 e. The lowest BCUT2D eigenvalue weighted by molar-refractivity contribution is -0.137. The number of hydrogen-bond acceptors (Lipinski definition) is 4. The highest BCUT2D eigenvalue weighted by atomic mass is 35.5. The van der Waals surface area contributed by atoms with Crippen molar-refractivity contribution in [3.8, 4) is 5.75 Å². The van der Waals surface area contributed by atoms with Crippen LogP contribution in [0.15, 0.2) is 47.4 Å². The number of halogens is 4. The third kappa shape index (κ3) is 5.93. The molecule has 1 aliphatic carbocycles. The van der Waals surface area contributed by atoms with E-state index in [4.69, 9.17) is 16.3 Å². The monoisotopic (exact) mass is 473 g/mol. The van der Waals surface area contributed by atoms with Gasteiger partial charge in [-0.2, -0.15) is 13.2 Å². The smallest absolute Gasteiger partial charge is 0.416 e. The van der Waals surface area contributed by atoms with Crippen molar-refractivity contribution in [2.45, 2.75) is 43.0 Å². The van der Waals surface area contributed by atoms with Crippen molar-refractivity contribution < 1.29 is 26.3 Å². The number of ether oxygens (including phenoxy) is 1. The van der Waals surface area contributed by atoms with Crippen molar-refractivity contribution in [3.05, 3.63) is 58.6 Å². The molecule has 0 bridgehead atoms. The van der Waals surface area contributed by atoms with E-state index in [9.17, 15) is 21.6 Å². The number of nitrogens with zero attached hydrogens (tertiary/aromatic N) is 1. The summed E-state index contributed by atoms with van der Waals surface area (Å²) in [6.45, 7) is 2.01. The normalized spacial score (nSPS) is 20.2. The fourth-order valence-electron chi connectivity index (χ4n) is 3.81. The van der Waals surface area contributed by atoms with Crippen molar-refractivity contribution in [1.29, 1.82) is 0 Å². The number of rotatable bonds is 7. The first-order chi connectivity index (χ1) is 14.6. The minimum atomic E-state index is -4.65. The highest BCUT2D eigenvalue weighted by molar-refractivity contribution is 7.91. The van der Waals surface area contributed by atoms with Crippen LogP contribution in [-0.4, -0.2) is 38.3 Å². The maximum atomic E-state index is 13.0. The molecule has 2 aromatic carbocycles. The van der Waals surface area contributed by atoms with Crippen molar-refractivity contribution in [1.82, 2.24) is 4.90 Å². The Morgan fingerprint density at radius 2 is 1.77 bits per heavy atom. The van der Waals surface area contributed by atoms with Crippen molar-refractivity contribution >= 4 is 21.4 Å². The predicted octanol–water partition coefficient (Wildman–Crippen LogP) is 5.20. The van der Waals surface area contributed by atoms with Gasteiger partial charge < -0.3 is 4.74 Å². The molecule has 0 N–H and O–H groups in total. The molecule has 31 heavy (non-hydrogen) atoms. The van der Waals surface area contributed by atoms with Gasteiger partial charge >= 0.3 is 6.18 Å². The zero-order chi connectivity index (χ0) is 22.2. The van der Waals surface area contributed by atoms with Gasteiger partial charge in [0, 0.05) is 18.1 Å². The molecule has 0 amide bonds. The predicted molar refractivity (Wildman–Crippen MR) is 112 cm³/mol. The first kappa shape index (κ1) is 22.4. The minimum absolute atomic E-state index is 0.143. The summed E-state index contributed by atoms with van der Waals surface area (Å²) >= 11 is 5.75. The maximum absolute atomic E-state index is 13.0. The molecule has 1 heterocycles. The van der Waals surface area contributed by atoms with Gasteiger partial charge in [0.2, 0.25) is 0 Å². The zero-order valence-corrected chi connectivity index (χ0v) is 18.3. The van der Waals surface area contributed by atoms with Gasteiger partial charge in [0.1, 0.15) is 5.75 Å². The van der Waals surface area contributed by atoms with Gasteiger partial charge in [0.15, 0.2) is 9.84 Å². The lowest BCUT2D eigenvalue weighted by atomic mass is 10.1. The highest BCUT2D eigenvalue weighted by Crippen LogP contribution is 2.34. The van der Waals surface area contributed by atoms with E-state index in [0.29, 0.717) is 31.7 Å². The lowest BCUT2D eigenvalue weighted by Gasteiger charge is -2.17. The van der Waals surface area contributed by atoms with Gasteiger partial charge in [-0.25, -0.2) is 8.42 Å². The Hall–Kier alpha value is -1.77. The molecule has 0 aromatic heterocycles. The standard InChI is InChI=1S/C22H23ClF3NO3S/c23-18-9-17(22(24,25)26)10-21(11-18)31(28,29)14-16-7-8-27(13-16)12-15-1-3-19(4-2-15)30-20-5-6-20/h1-4,9-11,16,20H,5-8,12-14H2/t16-/m1/s1. The summed E-state index contributed by atoms with van der Waals surface area (Å²) in [5.74, 6) is 0.516. The Morgan fingerprint density at radius 3 is 2.42 bits per heavy atom. The Labute approximate surface area is 184 Å². The van der Waals surface area contributed by atoms with Crippen LogP contribution in [0.1, 0.15) is 30.4 Å². The second-order valence-electron chi connectivity index (χ2n) is 8.31. The van der Waals surface area contributed by atoms with Gasteiger partial charge in [-0.15, -0.1) is 0 Å². The molecule has 2 aromatic rings. The van der Waals surface area contributed by atoms with E-state index in [0.717, 1.165) is 42.8 Å². The van der Waals surface area contributed by atoms with E-state index in [-0.39, 0.29) is 21.6 Å². The van der Waals surface area contributed by atoms with Crippen LogP contribution in [0.25, 0.3) is 0 Å². The maximum Gasteiger partial charge on any atom is 0.416 e. The second-order valence-corrected chi connectivity index (χ2v) is 10.8. The third-order valence-electron chi connectivity index (χ3n) is 5.54. The number of likely N-dealkylation sites (tertiary alicyclic amines) is 1. The molecule has 1 saturated heterocycles. The summed E-state index contributed by atoms with van der Waals surface area (Å²) in [6.07, 6.45) is -1.43. The average Bonchev–Trinajstić information content (AvgIpc) is 3.40. The fourth-order valence-corrected chi connectivity index (χ4v) is 5.81. The topological polar surface area (TPSA) is 46.6 Å². The Bertz CT molecular complexity index is 1040. The summed E-state index contributed by atoms with van der Waals surface area (Å²) < 4.78 is 70.3. The van der Waals surface area contributed by atoms with Gasteiger partial charge in [-0.05, 0) is 67.6 Å². The van der Waals surface area contributed by atoms with E-state index < -0.39 is 21.6 Å². The molecule has 4 rings (SSSR count). The average molecular weight is 474 g/mol. The van der Waals surface area contributed by atoms with E-state index in [1.165, 1.54) is 0 Å². The van der Waals surface area contributed by atoms with Crippen molar-refractivity contribution in [2.75, 3.05) is 18.8 Å². The largest absolute Gasteiger partial charge is 0.490 e. The van der Waals surface area contributed by atoms with Gasteiger partial charge in [-0.1, -0.05) is 23.7 Å². The van der Waals surface area contributed by atoms with Crippen LogP contribution in [0.5, 0.6) is 5.75 Å². The quantitative estimate of drug-likeness (QED) is 0.555. The van der Waals surface area contributed by atoms with Crippen LogP contribution in [0.4, 0.5) is 13.2 Å². The lowest BCUT2D eigenvalue weighted by Crippen LogP contribution is -2.23. The van der Waals surface area contributed by atoms with Crippen LogP contribution in [-0.2, 0) is 22.6 Å². The number of sulfone groups is 1. The highest BCUT2D eigenvalue weighted by Gasteiger charge is 2.34. The number of hydrogen-bond donors (Lipinski definition) is 0. The Balaban J connectivity index is 1.36. The number of alkyl halides is 3. The molecule has 1 aliphatic heterocycles. The van der Waals surface area contributed by atoms with Crippen molar-refractivity contribution in [3.63, 3.8) is 0 Å². The van der Waals surface area contributed by atoms with E-state index in [2.05, 4.69) is 4.90 Å². The first-order valence-corrected chi connectivity index (χ1v) is 12.2. The second kappa shape index (κ2) is 8.64. The summed E-state index contributed by atoms with van der Waals surface area (Å²) in [6, 6.07) is 10.4. The van der Waals surface area contributed by atoms with Gasteiger partial charge in [0.25, 0.3) is 0 Å². The molecular weight excluding hydrogens is 451 g/mol. The Kier molecular flexibility index (Phi) is 6.25. The molecule has 2 fully saturated rings. The molecule has 9 heteroatoms. The molecule has 0 unspecified atom stereocenters. The summed E-state index contributed by atoms with van der Waals surface area (Å²) in [7, 11) is -3.88. The fraction of sp³-hybridized carbons (Fsp3) is 0.455. The summed E-state index contributed by atoms with van der Waals surface area (Å²) in [5.41, 5.74) is 0.0528. The van der Waals surface area contributed by atoms with Crippen LogP contribution in [0.2, 0.25) is 5.02 Å². The molecule has 2 aliphatic rings. The molecule has 0 spiro atoms. The Morgan fingerprint density at radius 1 is 1.06 bits per heavy atom. The summed E-state index contributed by atoms with van der Waals surface area (Å²) in [5, 5.41) is -0.240. The van der Waals surface area contributed by atoms with E-state index >= 15 is 0 Å². The van der Waals surface area contributed by atoms with Crippen LogP contribution < -0.4 is 4.74 Å². The molecule has 1 saturated carbocycles. The van der Waals surface area contributed by atoms with Crippen LogP contribution in [0.3, 0.4) is 0 Å². The molecule has 1 atom stereocenters. The van der Waals surface area contributed by atoms with E-state index in [1.807, 2.05) is 24.3 Å². The summed E-state index contributed by atoms with van der Waals surface area (Å²) in [4.78, 5) is 1.79. The van der Waals surface area contributed by atoms with Gasteiger partial charge in [-0.3, -0.25) is 4.90 Å². The third-order valence-corrected chi connectivity index (χ3v) is 7.62. The number of benzene rings is 2. The molecule has 4 nitrogen and oxygen atoms in total. The van der Waals surface area contributed by atoms with E-state index in [1.54, 1.807) is 0 Å². The first-order valence-electron chi connectivity index (χ1n) is 10.2. The molecule has 168 valence electrons. The van der Waals surface area contributed by atoms with Crippen LogP contribution >= 0.6 is 11.6 Å². The van der Waals surface area contributed by atoms with Crippen molar-refractivity contribution in [2.24, 2.45) is 5.92 Å². The SMILES string of the molecule is O=S(=O)(C[C@@H]1CCN(Cc2ccc(OC3CC3)cc2)C1)c1cc(Cl)cc(C(F)(F)F)c1. The van der Waals surface area contributed by atoms with Crippen LogP contribution in [0, 0.1) is 5.92 Å². The zero-order valence-electron chi connectivity index (χ0n) is 16.7. The van der Waals surface area contributed by atoms with Gasteiger partial charge in [0.05, 0.1) is 22.3 Å². The molecule has 0 radical (unpaired) electrons.